The van der Waals surface area contributed by atoms with E-state index in [1.54, 1.807) is 11.3 Å². The van der Waals surface area contributed by atoms with Crippen LogP contribution in [0.2, 0.25) is 0 Å². The van der Waals surface area contributed by atoms with Gasteiger partial charge >= 0.3 is 0 Å². The summed E-state index contributed by atoms with van der Waals surface area (Å²) in [5, 5.41) is 3.15. The fraction of sp³-hybridized carbons (Fsp3) is 0.250. The van der Waals surface area contributed by atoms with E-state index in [-0.39, 0.29) is 0 Å². The summed E-state index contributed by atoms with van der Waals surface area (Å²) in [5.41, 5.74) is 2.14. The molecular formula is C24H23BrN4OS. The molecule has 0 N–H and O–H groups in total. The van der Waals surface area contributed by atoms with Gasteiger partial charge in [0.25, 0.3) is 0 Å². The van der Waals surface area contributed by atoms with Gasteiger partial charge in [0.2, 0.25) is 0 Å². The Kier molecular flexibility index (Phi) is 5.78. The van der Waals surface area contributed by atoms with Crippen LogP contribution in [0.3, 0.4) is 0 Å². The molecule has 0 atom stereocenters. The first-order valence-corrected chi connectivity index (χ1v) is 12.1. The standard InChI is InChI=1S/C24H23BrN4OS/c1-2-30-21-7-4-3-6-20(21)28-11-13-29(14-12-28)24-18-16-17(25)9-10-19(18)26-23(27-24)22-8-5-15-31-22/h3-10,15-16H,2,11-14H2,1H3. The van der Waals surface area contributed by atoms with Crippen molar-refractivity contribution in [2.45, 2.75) is 6.92 Å². The van der Waals surface area contributed by atoms with E-state index in [1.165, 1.54) is 5.69 Å². The van der Waals surface area contributed by atoms with E-state index in [1.807, 2.05) is 31.2 Å². The monoisotopic (exact) mass is 494 g/mol. The number of anilines is 2. The van der Waals surface area contributed by atoms with Crippen molar-refractivity contribution in [1.82, 2.24) is 9.97 Å². The van der Waals surface area contributed by atoms with Crippen molar-refractivity contribution in [2.75, 3.05) is 42.6 Å². The Bertz CT molecular complexity index is 1190. The number of nitrogens with zero attached hydrogens (tertiary/aromatic N) is 4. The van der Waals surface area contributed by atoms with Crippen LogP contribution in [0.25, 0.3) is 21.6 Å². The highest BCUT2D eigenvalue weighted by atomic mass is 79.9. The largest absolute Gasteiger partial charge is 0.492 e. The number of hydrogen-bond acceptors (Lipinski definition) is 6. The van der Waals surface area contributed by atoms with Crippen LogP contribution in [0.5, 0.6) is 5.75 Å². The number of benzene rings is 2. The van der Waals surface area contributed by atoms with Crippen LogP contribution in [0.1, 0.15) is 6.92 Å². The Morgan fingerprint density at radius 2 is 1.77 bits per heavy atom. The SMILES string of the molecule is CCOc1ccccc1N1CCN(c2nc(-c3cccs3)nc3ccc(Br)cc23)CC1. The molecule has 2 aromatic heterocycles. The number of fused-ring (bicyclic) bond motifs is 1. The Labute approximate surface area is 194 Å². The fourth-order valence-corrected chi connectivity index (χ4v) is 5.02. The van der Waals surface area contributed by atoms with Crippen molar-refractivity contribution in [2.24, 2.45) is 0 Å². The van der Waals surface area contributed by atoms with Gasteiger partial charge < -0.3 is 14.5 Å². The molecule has 0 saturated carbocycles. The zero-order chi connectivity index (χ0) is 21.2. The number of ether oxygens (including phenoxy) is 1. The second kappa shape index (κ2) is 8.85. The van der Waals surface area contributed by atoms with E-state index in [4.69, 9.17) is 14.7 Å². The molecule has 31 heavy (non-hydrogen) atoms. The number of aromatic nitrogens is 2. The average Bonchev–Trinajstić information content (AvgIpc) is 3.34. The lowest BCUT2D eigenvalue weighted by atomic mass is 10.2. The average molecular weight is 495 g/mol. The smallest absolute Gasteiger partial charge is 0.172 e. The lowest BCUT2D eigenvalue weighted by Crippen LogP contribution is -2.47. The minimum Gasteiger partial charge on any atom is -0.492 e. The summed E-state index contributed by atoms with van der Waals surface area (Å²) in [6.45, 7) is 6.31. The molecule has 0 spiro atoms. The van der Waals surface area contributed by atoms with E-state index < -0.39 is 0 Å². The zero-order valence-electron chi connectivity index (χ0n) is 17.3. The van der Waals surface area contributed by atoms with Gasteiger partial charge in [0, 0.05) is 36.0 Å². The Morgan fingerprint density at radius 1 is 0.968 bits per heavy atom. The van der Waals surface area contributed by atoms with Crippen molar-refractivity contribution in [1.29, 1.82) is 0 Å². The predicted octanol–water partition coefficient (Wildman–Crippen LogP) is 5.85. The third kappa shape index (κ3) is 4.12. The van der Waals surface area contributed by atoms with Crippen LogP contribution in [-0.2, 0) is 0 Å². The Balaban J connectivity index is 1.46. The number of para-hydroxylation sites is 2. The van der Waals surface area contributed by atoms with E-state index >= 15 is 0 Å². The van der Waals surface area contributed by atoms with Crippen LogP contribution in [0.4, 0.5) is 11.5 Å². The third-order valence-electron chi connectivity index (χ3n) is 5.46. The third-order valence-corrected chi connectivity index (χ3v) is 6.82. The highest BCUT2D eigenvalue weighted by Crippen LogP contribution is 2.33. The summed E-state index contributed by atoms with van der Waals surface area (Å²) >= 11 is 5.29. The highest BCUT2D eigenvalue weighted by molar-refractivity contribution is 9.10. The molecule has 1 aliphatic heterocycles. The lowest BCUT2D eigenvalue weighted by molar-refractivity contribution is 0.340. The molecule has 1 saturated heterocycles. The lowest BCUT2D eigenvalue weighted by Gasteiger charge is -2.37. The second-order valence-electron chi connectivity index (χ2n) is 7.38. The first-order chi connectivity index (χ1) is 15.2. The quantitative estimate of drug-likeness (QED) is 0.348. The molecule has 4 aromatic rings. The summed E-state index contributed by atoms with van der Waals surface area (Å²) in [6.07, 6.45) is 0. The molecule has 7 heteroatoms. The molecule has 5 nitrogen and oxygen atoms in total. The van der Waals surface area contributed by atoms with Gasteiger partial charge in [-0.25, -0.2) is 9.97 Å². The van der Waals surface area contributed by atoms with E-state index in [0.29, 0.717) is 6.61 Å². The molecule has 1 aliphatic rings. The molecule has 3 heterocycles. The molecule has 0 unspecified atom stereocenters. The molecular weight excluding hydrogens is 472 g/mol. The second-order valence-corrected chi connectivity index (χ2v) is 9.25. The number of hydrogen-bond donors (Lipinski definition) is 0. The summed E-state index contributed by atoms with van der Waals surface area (Å²) in [4.78, 5) is 15.7. The minimum atomic E-state index is 0.671. The van der Waals surface area contributed by atoms with Crippen molar-refractivity contribution in [3.8, 4) is 16.5 Å². The summed E-state index contributed by atoms with van der Waals surface area (Å²) < 4.78 is 6.89. The molecule has 0 aliphatic carbocycles. The maximum Gasteiger partial charge on any atom is 0.172 e. The number of halogens is 1. The predicted molar refractivity (Wildman–Crippen MR) is 133 cm³/mol. The van der Waals surface area contributed by atoms with Crippen LogP contribution in [-0.4, -0.2) is 42.8 Å². The zero-order valence-corrected chi connectivity index (χ0v) is 19.7. The van der Waals surface area contributed by atoms with Crippen LogP contribution < -0.4 is 14.5 Å². The van der Waals surface area contributed by atoms with Gasteiger partial charge in [0.1, 0.15) is 11.6 Å². The topological polar surface area (TPSA) is 41.5 Å². The highest BCUT2D eigenvalue weighted by Gasteiger charge is 2.23. The summed E-state index contributed by atoms with van der Waals surface area (Å²) in [6, 6.07) is 18.7. The first-order valence-electron chi connectivity index (χ1n) is 10.5. The van der Waals surface area contributed by atoms with E-state index in [9.17, 15) is 0 Å². The number of thiophene rings is 1. The van der Waals surface area contributed by atoms with Gasteiger partial charge in [-0.2, -0.15) is 0 Å². The Morgan fingerprint density at radius 3 is 2.55 bits per heavy atom. The summed E-state index contributed by atoms with van der Waals surface area (Å²) in [5.74, 6) is 2.76. The molecule has 0 bridgehead atoms. The fourth-order valence-electron chi connectivity index (χ4n) is 4.00. The normalized spacial score (nSPS) is 14.3. The van der Waals surface area contributed by atoms with Crippen molar-refractivity contribution in [3.05, 3.63) is 64.5 Å². The molecule has 158 valence electrons. The van der Waals surface area contributed by atoms with Gasteiger partial charge in [-0.05, 0) is 48.7 Å². The maximum atomic E-state index is 5.85. The Hall–Kier alpha value is -2.64. The van der Waals surface area contributed by atoms with Gasteiger partial charge in [-0.1, -0.05) is 34.1 Å². The van der Waals surface area contributed by atoms with Gasteiger partial charge in [-0.15, -0.1) is 11.3 Å². The maximum absolute atomic E-state index is 5.85. The first kappa shape index (κ1) is 20.3. The molecule has 1 fully saturated rings. The molecule has 5 rings (SSSR count). The van der Waals surface area contributed by atoms with Gasteiger partial charge in [0.05, 0.1) is 22.7 Å². The van der Waals surface area contributed by atoms with Gasteiger partial charge in [-0.3, -0.25) is 0 Å². The minimum absolute atomic E-state index is 0.671. The van der Waals surface area contributed by atoms with Crippen molar-refractivity contribution >= 4 is 49.7 Å². The number of rotatable bonds is 5. The van der Waals surface area contributed by atoms with E-state index in [0.717, 1.165) is 63.8 Å². The van der Waals surface area contributed by atoms with Crippen LogP contribution in [0, 0.1) is 0 Å². The number of piperazine rings is 1. The summed E-state index contributed by atoms with van der Waals surface area (Å²) in [7, 11) is 0. The van der Waals surface area contributed by atoms with Gasteiger partial charge in [0.15, 0.2) is 5.82 Å². The van der Waals surface area contributed by atoms with Crippen LogP contribution >= 0.6 is 27.3 Å². The molecule has 2 aromatic carbocycles. The molecule has 0 radical (unpaired) electrons. The van der Waals surface area contributed by atoms with Crippen molar-refractivity contribution in [3.63, 3.8) is 0 Å². The van der Waals surface area contributed by atoms with Crippen LogP contribution in [0.15, 0.2) is 64.5 Å². The van der Waals surface area contributed by atoms with Crippen molar-refractivity contribution < 1.29 is 4.74 Å². The van der Waals surface area contributed by atoms with E-state index in [2.05, 4.69) is 61.4 Å². The molecule has 0 amide bonds.